The Morgan fingerprint density at radius 1 is 1.06 bits per heavy atom. The molecule has 2 heterocycles. The number of carbonyl (C=O) groups is 1. The second-order valence-corrected chi connectivity index (χ2v) is 8.27. The Bertz CT molecular complexity index is 1400. The van der Waals surface area contributed by atoms with Crippen LogP contribution in [0.1, 0.15) is 5.01 Å². The van der Waals surface area contributed by atoms with E-state index >= 15 is 0 Å². The van der Waals surface area contributed by atoms with Gasteiger partial charge in [-0.15, -0.1) is 11.3 Å². The number of aromatic nitrogens is 3. The highest BCUT2D eigenvalue weighted by molar-refractivity contribution is 7.19. The highest BCUT2D eigenvalue weighted by Crippen LogP contribution is 2.31. The average molecular weight is 467 g/mol. The van der Waals surface area contributed by atoms with Gasteiger partial charge in [-0.2, -0.15) is 5.10 Å². The van der Waals surface area contributed by atoms with Gasteiger partial charge in [-0.1, -0.05) is 12.1 Å². The van der Waals surface area contributed by atoms with Gasteiger partial charge in [-0.05, 0) is 31.2 Å². The molecular weight excluding hydrogens is 444 g/mol. The monoisotopic (exact) mass is 466 g/mol. The van der Waals surface area contributed by atoms with Crippen LogP contribution in [0.3, 0.4) is 0 Å². The Kier molecular flexibility index (Phi) is 6.27. The Labute approximate surface area is 193 Å². The molecule has 0 aliphatic carbocycles. The zero-order valence-corrected chi connectivity index (χ0v) is 19.4. The number of thiazole rings is 1. The Hall–Kier alpha value is -3.92. The van der Waals surface area contributed by atoms with Gasteiger partial charge in [0.25, 0.3) is 5.56 Å². The molecule has 0 atom stereocenters. The molecular formula is C23H22N4O5S. The first-order valence-corrected chi connectivity index (χ1v) is 10.8. The van der Waals surface area contributed by atoms with Crippen molar-refractivity contribution in [2.45, 2.75) is 13.5 Å². The highest BCUT2D eigenvalue weighted by Gasteiger charge is 2.19. The molecule has 2 aromatic carbocycles. The van der Waals surface area contributed by atoms with Gasteiger partial charge in [0, 0.05) is 11.6 Å². The van der Waals surface area contributed by atoms with Crippen molar-refractivity contribution in [3.8, 4) is 28.5 Å². The number of benzene rings is 2. The lowest BCUT2D eigenvalue weighted by molar-refractivity contribution is -0.117. The number of hydrogen-bond donors (Lipinski definition) is 1. The van der Waals surface area contributed by atoms with E-state index in [1.807, 2.05) is 31.2 Å². The number of hydrogen-bond acceptors (Lipinski definition) is 8. The maximum atomic E-state index is 13.0. The fourth-order valence-electron chi connectivity index (χ4n) is 3.36. The van der Waals surface area contributed by atoms with E-state index < -0.39 is 11.5 Å². The molecule has 33 heavy (non-hydrogen) atoms. The third kappa shape index (κ3) is 4.51. The van der Waals surface area contributed by atoms with E-state index in [0.717, 1.165) is 15.3 Å². The lowest BCUT2D eigenvalue weighted by atomic mass is 10.1. The van der Waals surface area contributed by atoms with Crippen LogP contribution in [-0.4, -0.2) is 42.0 Å². The largest absolute Gasteiger partial charge is 0.497 e. The maximum Gasteiger partial charge on any atom is 0.294 e. The van der Waals surface area contributed by atoms with Crippen molar-refractivity contribution >= 4 is 33.1 Å². The van der Waals surface area contributed by atoms with E-state index in [9.17, 15) is 9.59 Å². The number of aryl methyl sites for hydroxylation is 1. The quantitative estimate of drug-likeness (QED) is 0.445. The number of ether oxygens (including phenoxy) is 3. The molecule has 9 nitrogen and oxygen atoms in total. The molecule has 0 aliphatic rings. The number of carbonyl (C=O) groups excluding carboxylic acids is 1. The second-order valence-electron chi connectivity index (χ2n) is 7.07. The molecule has 2 aromatic heterocycles. The van der Waals surface area contributed by atoms with Gasteiger partial charge < -0.3 is 19.5 Å². The summed E-state index contributed by atoms with van der Waals surface area (Å²) in [6, 6.07) is 12.4. The highest BCUT2D eigenvalue weighted by atomic mass is 32.1. The molecule has 0 radical (unpaired) electrons. The zero-order chi connectivity index (χ0) is 23.5. The summed E-state index contributed by atoms with van der Waals surface area (Å²) >= 11 is 1.38. The van der Waals surface area contributed by atoms with Gasteiger partial charge in [0.2, 0.25) is 5.91 Å². The molecule has 0 saturated heterocycles. The van der Waals surface area contributed by atoms with Gasteiger partial charge in [0.15, 0.2) is 5.52 Å². The van der Waals surface area contributed by atoms with Gasteiger partial charge >= 0.3 is 0 Å². The summed E-state index contributed by atoms with van der Waals surface area (Å²) < 4.78 is 17.6. The molecule has 4 rings (SSSR count). The smallest absolute Gasteiger partial charge is 0.294 e. The van der Waals surface area contributed by atoms with Crippen molar-refractivity contribution in [1.29, 1.82) is 0 Å². The van der Waals surface area contributed by atoms with Crippen molar-refractivity contribution in [2.75, 3.05) is 26.6 Å². The first-order chi connectivity index (χ1) is 15.9. The predicted molar refractivity (Wildman–Crippen MR) is 127 cm³/mol. The van der Waals surface area contributed by atoms with Crippen LogP contribution >= 0.6 is 11.3 Å². The summed E-state index contributed by atoms with van der Waals surface area (Å²) in [6.45, 7) is 1.53. The average Bonchev–Trinajstić information content (AvgIpc) is 3.23. The van der Waals surface area contributed by atoms with Crippen LogP contribution in [-0.2, 0) is 11.3 Å². The summed E-state index contributed by atoms with van der Waals surface area (Å²) in [6.07, 6.45) is 0. The van der Waals surface area contributed by atoms with E-state index in [2.05, 4.69) is 15.4 Å². The molecule has 0 saturated carbocycles. The van der Waals surface area contributed by atoms with Crippen molar-refractivity contribution in [1.82, 2.24) is 14.8 Å². The Balaban J connectivity index is 1.72. The lowest BCUT2D eigenvalue weighted by Gasteiger charge is -2.13. The molecule has 10 heteroatoms. The van der Waals surface area contributed by atoms with Crippen LogP contribution in [0.2, 0.25) is 0 Å². The second kappa shape index (κ2) is 9.29. The van der Waals surface area contributed by atoms with Gasteiger partial charge in [-0.25, -0.2) is 9.67 Å². The van der Waals surface area contributed by atoms with Crippen molar-refractivity contribution in [2.24, 2.45) is 0 Å². The molecule has 0 bridgehead atoms. The predicted octanol–water partition coefficient (Wildman–Crippen LogP) is 3.49. The molecule has 1 N–H and O–H groups in total. The molecule has 4 aromatic rings. The van der Waals surface area contributed by atoms with Crippen molar-refractivity contribution in [3.05, 3.63) is 57.8 Å². The number of amides is 1. The Morgan fingerprint density at radius 3 is 2.55 bits per heavy atom. The van der Waals surface area contributed by atoms with Crippen molar-refractivity contribution in [3.63, 3.8) is 0 Å². The first kappa shape index (κ1) is 22.3. The normalized spacial score (nSPS) is 10.8. The fraction of sp³-hybridized carbons (Fsp3) is 0.217. The number of nitrogens with one attached hydrogen (secondary N) is 1. The Morgan fingerprint density at radius 2 is 1.82 bits per heavy atom. The fourth-order valence-corrected chi connectivity index (χ4v) is 4.28. The topological polar surface area (TPSA) is 105 Å². The van der Waals surface area contributed by atoms with Gasteiger partial charge in [0.1, 0.15) is 29.5 Å². The van der Waals surface area contributed by atoms with Crippen molar-refractivity contribution < 1.29 is 19.0 Å². The van der Waals surface area contributed by atoms with Crippen LogP contribution in [0.15, 0.2) is 47.3 Å². The minimum Gasteiger partial charge on any atom is -0.497 e. The molecule has 170 valence electrons. The molecule has 0 fully saturated rings. The minimum absolute atomic E-state index is 0.278. The summed E-state index contributed by atoms with van der Waals surface area (Å²) in [5.74, 6) is 1.25. The maximum absolute atomic E-state index is 13.0. The number of fused-ring (bicyclic) bond motifs is 1. The zero-order valence-electron chi connectivity index (χ0n) is 18.5. The summed E-state index contributed by atoms with van der Waals surface area (Å²) in [7, 11) is 4.62. The summed E-state index contributed by atoms with van der Waals surface area (Å²) in [5, 5.41) is 8.01. The third-order valence-corrected chi connectivity index (χ3v) is 5.90. The van der Waals surface area contributed by atoms with Crippen LogP contribution in [0.25, 0.3) is 21.5 Å². The molecule has 1 amide bonds. The van der Waals surface area contributed by atoms with Gasteiger partial charge in [0.05, 0.1) is 36.7 Å². The lowest BCUT2D eigenvalue weighted by Crippen LogP contribution is -2.30. The third-order valence-electron chi connectivity index (χ3n) is 4.93. The molecule has 0 spiro atoms. The van der Waals surface area contributed by atoms with E-state index in [1.165, 1.54) is 18.4 Å². The van der Waals surface area contributed by atoms with E-state index in [0.29, 0.717) is 33.3 Å². The minimum atomic E-state index is -0.434. The SMILES string of the molecule is COc1cccc(-c2nn(CC(=O)Nc3ccc(OC)cc3OC)c(=O)c3nc(C)sc23)c1. The number of rotatable bonds is 7. The summed E-state index contributed by atoms with van der Waals surface area (Å²) in [4.78, 5) is 30.2. The van der Waals surface area contributed by atoms with Crippen LogP contribution in [0.4, 0.5) is 5.69 Å². The van der Waals surface area contributed by atoms with E-state index in [1.54, 1.807) is 32.4 Å². The number of anilines is 1. The van der Waals surface area contributed by atoms with Crippen LogP contribution < -0.4 is 25.1 Å². The molecule has 0 aliphatic heterocycles. The standard InChI is InChI=1S/C23H22N4O5S/c1-13-24-21-22(33-13)20(14-6-5-7-15(10-14)30-2)26-27(23(21)29)12-19(28)25-17-9-8-16(31-3)11-18(17)32-4/h5-11H,12H2,1-4H3,(H,25,28). The number of nitrogens with zero attached hydrogens (tertiary/aromatic N) is 3. The van der Waals surface area contributed by atoms with E-state index in [4.69, 9.17) is 14.2 Å². The van der Waals surface area contributed by atoms with E-state index in [-0.39, 0.29) is 12.1 Å². The molecule has 0 unspecified atom stereocenters. The number of methoxy groups -OCH3 is 3. The first-order valence-electron chi connectivity index (χ1n) is 9.98. The summed E-state index contributed by atoms with van der Waals surface area (Å²) in [5.41, 5.74) is 1.62. The van der Waals surface area contributed by atoms with Crippen LogP contribution in [0, 0.1) is 6.92 Å². The van der Waals surface area contributed by atoms with Crippen LogP contribution in [0.5, 0.6) is 17.2 Å². The van der Waals surface area contributed by atoms with Gasteiger partial charge in [-0.3, -0.25) is 9.59 Å².